The average molecular weight is 262 g/mol. The van der Waals surface area contributed by atoms with Gasteiger partial charge >= 0.3 is 5.97 Å². The van der Waals surface area contributed by atoms with Crippen LogP contribution in [-0.4, -0.2) is 24.9 Å². The SMILES string of the molecule is COC(=O)C=CC(=O)Nc1cccc(NC(C)=O)c1. The van der Waals surface area contributed by atoms with E-state index in [0.29, 0.717) is 11.4 Å². The summed E-state index contributed by atoms with van der Waals surface area (Å²) in [5.41, 5.74) is 1.08. The molecule has 6 heteroatoms. The monoisotopic (exact) mass is 262 g/mol. The number of esters is 1. The Kier molecular flexibility index (Phi) is 5.28. The number of nitrogens with one attached hydrogen (secondary N) is 2. The van der Waals surface area contributed by atoms with Gasteiger partial charge in [-0.05, 0) is 18.2 Å². The van der Waals surface area contributed by atoms with E-state index in [1.807, 2.05) is 0 Å². The van der Waals surface area contributed by atoms with Crippen molar-refractivity contribution >= 4 is 29.2 Å². The third-order valence-electron chi connectivity index (χ3n) is 2.02. The highest BCUT2D eigenvalue weighted by atomic mass is 16.5. The van der Waals surface area contributed by atoms with Crippen molar-refractivity contribution in [3.63, 3.8) is 0 Å². The molecule has 1 aromatic carbocycles. The maximum absolute atomic E-state index is 11.5. The first-order valence-electron chi connectivity index (χ1n) is 5.46. The van der Waals surface area contributed by atoms with E-state index in [2.05, 4.69) is 15.4 Å². The molecular formula is C13H14N2O4. The van der Waals surface area contributed by atoms with Crippen LogP contribution in [0.4, 0.5) is 11.4 Å². The maximum Gasteiger partial charge on any atom is 0.330 e. The first kappa shape index (κ1) is 14.4. The second-order valence-corrected chi connectivity index (χ2v) is 3.61. The van der Waals surface area contributed by atoms with Crippen LogP contribution in [0.2, 0.25) is 0 Å². The summed E-state index contributed by atoms with van der Waals surface area (Å²) in [5, 5.41) is 5.15. The van der Waals surface area contributed by atoms with Crippen LogP contribution in [0.15, 0.2) is 36.4 Å². The molecule has 0 aliphatic heterocycles. The fourth-order valence-corrected chi connectivity index (χ4v) is 1.27. The molecule has 6 nitrogen and oxygen atoms in total. The molecule has 0 unspecified atom stereocenters. The first-order valence-corrected chi connectivity index (χ1v) is 5.46. The molecule has 100 valence electrons. The molecule has 0 bridgehead atoms. The second kappa shape index (κ2) is 6.95. The molecule has 0 saturated heterocycles. The van der Waals surface area contributed by atoms with Gasteiger partial charge in [-0.1, -0.05) is 6.07 Å². The standard InChI is InChI=1S/C13H14N2O4/c1-9(16)14-10-4-3-5-11(8-10)15-12(17)6-7-13(18)19-2/h3-8H,1-2H3,(H,14,16)(H,15,17). The number of benzene rings is 1. The topological polar surface area (TPSA) is 84.5 Å². The summed E-state index contributed by atoms with van der Waals surface area (Å²) in [6, 6.07) is 6.65. The van der Waals surface area contributed by atoms with Gasteiger partial charge in [0.15, 0.2) is 0 Å². The lowest BCUT2D eigenvalue weighted by Gasteiger charge is -2.05. The molecule has 0 spiro atoms. The van der Waals surface area contributed by atoms with Crippen LogP contribution in [0.25, 0.3) is 0 Å². The van der Waals surface area contributed by atoms with Gasteiger partial charge < -0.3 is 15.4 Å². The first-order chi connectivity index (χ1) is 9.01. The van der Waals surface area contributed by atoms with Gasteiger partial charge in [-0.3, -0.25) is 9.59 Å². The zero-order valence-electron chi connectivity index (χ0n) is 10.6. The fraction of sp³-hybridized carbons (Fsp3) is 0.154. The number of ether oxygens (including phenoxy) is 1. The molecule has 0 heterocycles. The van der Waals surface area contributed by atoms with Crippen LogP contribution in [0.3, 0.4) is 0 Å². The minimum Gasteiger partial charge on any atom is -0.466 e. The Morgan fingerprint density at radius 3 is 2.32 bits per heavy atom. The summed E-state index contributed by atoms with van der Waals surface area (Å²) in [5.74, 6) is -1.28. The Balaban J connectivity index is 2.66. The zero-order chi connectivity index (χ0) is 14.3. The van der Waals surface area contributed by atoms with Crippen LogP contribution in [0.1, 0.15) is 6.92 Å². The summed E-state index contributed by atoms with van der Waals surface area (Å²) in [7, 11) is 1.22. The molecule has 0 atom stereocenters. The Morgan fingerprint density at radius 2 is 1.74 bits per heavy atom. The van der Waals surface area contributed by atoms with Gasteiger partial charge in [0, 0.05) is 30.5 Å². The summed E-state index contributed by atoms with van der Waals surface area (Å²) in [6.07, 6.45) is 2.09. The lowest BCUT2D eigenvalue weighted by atomic mass is 10.2. The van der Waals surface area contributed by atoms with Crippen molar-refractivity contribution < 1.29 is 19.1 Å². The number of hydrogen-bond acceptors (Lipinski definition) is 4. The largest absolute Gasteiger partial charge is 0.466 e. The molecular weight excluding hydrogens is 248 g/mol. The van der Waals surface area contributed by atoms with Crippen molar-refractivity contribution in [2.75, 3.05) is 17.7 Å². The summed E-state index contributed by atoms with van der Waals surface area (Å²) in [4.78, 5) is 33.2. The number of carbonyl (C=O) groups excluding carboxylic acids is 3. The molecule has 2 N–H and O–H groups in total. The highest BCUT2D eigenvalue weighted by Crippen LogP contribution is 2.14. The van der Waals surface area contributed by atoms with Crippen LogP contribution >= 0.6 is 0 Å². The van der Waals surface area contributed by atoms with E-state index in [1.165, 1.54) is 14.0 Å². The van der Waals surface area contributed by atoms with Crippen LogP contribution in [0.5, 0.6) is 0 Å². The predicted molar refractivity (Wildman–Crippen MR) is 70.5 cm³/mol. The summed E-state index contributed by atoms with van der Waals surface area (Å²) >= 11 is 0. The number of anilines is 2. The fourth-order valence-electron chi connectivity index (χ4n) is 1.27. The van der Waals surface area contributed by atoms with Gasteiger partial charge in [-0.25, -0.2) is 4.79 Å². The van der Waals surface area contributed by atoms with E-state index in [0.717, 1.165) is 12.2 Å². The Bertz CT molecular complexity index is 523. The minimum atomic E-state index is -0.609. The van der Waals surface area contributed by atoms with E-state index in [-0.39, 0.29) is 5.91 Å². The van der Waals surface area contributed by atoms with Gasteiger partial charge in [0.1, 0.15) is 0 Å². The van der Waals surface area contributed by atoms with Crippen molar-refractivity contribution in [1.82, 2.24) is 0 Å². The van der Waals surface area contributed by atoms with E-state index < -0.39 is 11.9 Å². The molecule has 0 aromatic heterocycles. The molecule has 1 rings (SSSR count). The molecule has 0 aliphatic rings. The summed E-state index contributed by atoms with van der Waals surface area (Å²) < 4.78 is 4.36. The van der Waals surface area contributed by atoms with Crippen molar-refractivity contribution in [2.45, 2.75) is 6.92 Å². The number of carbonyl (C=O) groups is 3. The molecule has 19 heavy (non-hydrogen) atoms. The molecule has 0 aliphatic carbocycles. The number of rotatable bonds is 4. The molecule has 0 radical (unpaired) electrons. The smallest absolute Gasteiger partial charge is 0.330 e. The molecule has 0 saturated carbocycles. The van der Waals surface area contributed by atoms with Crippen LogP contribution in [-0.2, 0) is 19.1 Å². The van der Waals surface area contributed by atoms with Crippen molar-refractivity contribution in [2.24, 2.45) is 0 Å². The normalized spacial score (nSPS) is 10.0. The number of hydrogen-bond donors (Lipinski definition) is 2. The second-order valence-electron chi connectivity index (χ2n) is 3.61. The highest BCUT2D eigenvalue weighted by molar-refractivity contribution is 6.03. The van der Waals surface area contributed by atoms with Gasteiger partial charge in [0.2, 0.25) is 11.8 Å². The zero-order valence-corrected chi connectivity index (χ0v) is 10.6. The molecule has 2 amide bonds. The third-order valence-corrected chi connectivity index (χ3v) is 2.02. The van der Waals surface area contributed by atoms with E-state index in [1.54, 1.807) is 24.3 Å². The highest BCUT2D eigenvalue weighted by Gasteiger charge is 2.01. The van der Waals surface area contributed by atoms with Gasteiger partial charge in [-0.2, -0.15) is 0 Å². The Morgan fingerprint density at radius 1 is 1.11 bits per heavy atom. The van der Waals surface area contributed by atoms with Crippen LogP contribution < -0.4 is 10.6 Å². The Hall–Kier alpha value is -2.63. The lowest BCUT2D eigenvalue weighted by Crippen LogP contribution is -2.10. The minimum absolute atomic E-state index is 0.200. The van der Waals surface area contributed by atoms with Crippen LogP contribution in [0, 0.1) is 0 Å². The summed E-state index contributed by atoms with van der Waals surface area (Å²) in [6.45, 7) is 1.39. The van der Waals surface area contributed by atoms with E-state index in [4.69, 9.17) is 0 Å². The average Bonchev–Trinajstić information content (AvgIpc) is 2.35. The predicted octanol–water partition coefficient (Wildman–Crippen LogP) is 1.31. The number of methoxy groups -OCH3 is 1. The van der Waals surface area contributed by atoms with Crippen molar-refractivity contribution in [1.29, 1.82) is 0 Å². The lowest BCUT2D eigenvalue weighted by molar-refractivity contribution is -0.135. The van der Waals surface area contributed by atoms with Crippen molar-refractivity contribution in [3.8, 4) is 0 Å². The maximum atomic E-state index is 11.5. The van der Waals surface area contributed by atoms with E-state index in [9.17, 15) is 14.4 Å². The van der Waals surface area contributed by atoms with Gasteiger partial charge in [0.25, 0.3) is 0 Å². The van der Waals surface area contributed by atoms with Gasteiger partial charge in [0.05, 0.1) is 7.11 Å². The van der Waals surface area contributed by atoms with Crippen molar-refractivity contribution in [3.05, 3.63) is 36.4 Å². The Labute approximate surface area is 110 Å². The number of amides is 2. The third kappa shape index (κ3) is 5.49. The quantitative estimate of drug-likeness (QED) is 0.633. The van der Waals surface area contributed by atoms with E-state index >= 15 is 0 Å². The van der Waals surface area contributed by atoms with Gasteiger partial charge in [-0.15, -0.1) is 0 Å². The molecule has 0 fully saturated rings. The molecule has 1 aromatic rings.